The number of benzene rings is 1. The number of sulfonamides is 1. The molecule has 1 aromatic carbocycles. The molecule has 9 heteroatoms. The Balaban J connectivity index is 3.18. The van der Waals surface area contributed by atoms with Gasteiger partial charge in [-0.3, -0.25) is 9.52 Å². The molecule has 0 amide bonds. The summed E-state index contributed by atoms with van der Waals surface area (Å²) in [7, 11) is -3.09. The molecular weight excluding hydrogens is 310 g/mol. The van der Waals surface area contributed by atoms with Crippen molar-refractivity contribution in [2.24, 2.45) is 0 Å². The van der Waals surface area contributed by atoms with Gasteiger partial charge in [-0.2, -0.15) is 0 Å². The van der Waals surface area contributed by atoms with Crippen LogP contribution in [0.1, 0.15) is 17.3 Å². The van der Waals surface area contributed by atoms with Crippen molar-refractivity contribution in [3.05, 3.63) is 28.8 Å². The van der Waals surface area contributed by atoms with Crippen molar-refractivity contribution < 1.29 is 27.9 Å². The number of hydrogen-bond acceptors (Lipinski definition) is 5. The van der Waals surface area contributed by atoms with Crippen LogP contribution in [-0.2, 0) is 19.6 Å². The molecular formula is C11H12ClNO6S. The summed E-state index contributed by atoms with van der Waals surface area (Å²) >= 11 is 5.70. The molecule has 20 heavy (non-hydrogen) atoms. The zero-order valence-electron chi connectivity index (χ0n) is 10.6. The Morgan fingerprint density at radius 1 is 1.40 bits per heavy atom. The quantitative estimate of drug-likeness (QED) is 0.792. The van der Waals surface area contributed by atoms with E-state index < -0.39 is 27.2 Å². The van der Waals surface area contributed by atoms with E-state index in [1.807, 2.05) is 4.72 Å². The third-order valence-corrected chi connectivity index (χ3v) is 4.33. The number of carbonyl (C=O) groups is 2. The maximum absolute atomic E-state index is 11.9. The fourth-order valence-electron chi connectivity index (χ4n) is 1.32. The predicted octanol–water partition coefficient (Wildman–Crippen LogP) is 1.34. The molecule has 0 fully saturated rings. The Bertz CT molecular complexity index is 642. The number of rotatable bonds is 5. The first-order valence-corrected chi connectivity index (χ1v) is 7.23. The molecule has 0 aliphatic rings. The number of nitrogens with one attached hydrogen (secondary N) is 1. The third-order valence-electron chi connectivity index (χ3n) is 2.46. The molecule has 0 bridgehead atoms. The minimum absolute atomic E-state index is 0.151. The van der Waals surface area contributed by atoms with Gasteiger partial charge in [-0.1, -0.05) is 11.6 Å². The van der Waals surface area contributed by atoms with Gasteiger partial charge in [0.05, 0.1) is 18.4 Å². The molecule has 7 nitrogen and oxygen atoms in total. The first kappa shape index (κ1) is 16.3. The Kier molecular flexibility index (Phi) is 4.96. The van der Waals surface area contributed by atoms with Gasteiger partial charge in [0, 0.05) is 5.02 Å². The van der Waals surface area contributed by atoms with Crippen LogP contribution in [0.3, 0.4) is 0 Å². The average molecular weight is 322 g/mol. The van der Waals surface area contributed by atoms with Crippen LogP contribution in [-0.4, -0.2) is 37.8 Å². The van der Waals surface area contributed by atoms with Crippen molar-refractivity contribution in [2.75, 3.05) is 11.8 Å². The fraction of sp³-hybridized carbons (Fsp3) is 0.273. The van der Waals surface area contributed by atoms with Crippen LogP contribution in [0.2, 0.25) is 5.02 Å². The molecule has 0 aromatic heterocycles. The van der Waals surface area contributed by atoms with Crippen LogP contribution in [0.25, 0.3) is 0 Å². The van der Waals surface area contributed by atoms with Gasteiger partial charge in [0.25, 0.3) is 0 Å². The summed E-state index contributed by atoms with van der Waals surface area (Å²) in [5.41, 5.74) is -0.504. The zero-order chi connectivity index (χ0) is 15.5. The molecule has 2 N–H and O–H groups in total. The summed E-state index contributed by atoms with van der Waals surface area (Å²) in [6.45, 7) is 1.12. The van der Waals surface area contributed by atoms with Gasteiger partial charge in [0.1, 0.15) is 0 Å². The number of carboxylic acid groups (broad SMARTS) is 1. The number of hydrogen-bond donors (Lipinski definition) is 2. The van der Waals surface area contributed by atoms with E-state index in [1.54, 1.807) is 0 Å². The van der Waals surface area contributed by atoms with Crippen LogP contribution < -0.4 is 4.72 Å². The number of ether oxygens (including phenoxy) is 1. The number of esters is 1. The number of anilines is 1. The highest BCUT2D eigenvalue weighted by Gasteiger charge is 2.30. The Morgan fingerprint density at radius 2 is 2.00 bits per heavy atom. The molecule has 0 spiro atoms. The summed E-state index contributed by atoms with van der Waals surface area (Å²) in [6.07, 6.45) is 0. The van der Waals surface area contributed by atoms with Gasteiger partial charge in [-0.05, 0) is 25.1 Å². The number of methoxy groups -OCH3 is 1. The molecule has 0 heterocycles. The van der Waals surface area contributed by atoms with Crippen LogP contribution >= 0.6 is 11.6 Å². The average Bonchev–Trinajstić information content (AvgIpc) is 2.36. The maximum atomic E-state index is 11.9. The normalized spacial score (nSPS) is 12.6. The minimum Gasteiger partial charge on any atom is -0.478 e. The Hall–Kier alpha value is -1.80. The Labute approximate surface area is 120 Å². The van der Waals surface area contributed by atoms with Crippen molar-refractivity contribution in [3.8, 4) is 0 Å². The fourth-order valence-corrected chi connectivity index (χ4v) is 2.50. The first-order chi connectivity index (χ1) is 9.19. The maximum Gasteiger partial charge on any atom is 0.337 e. The van der Waals surface area contributed by atoms with E-state index in [9.17, 15) is 18.0 Å². The highest BCUT2D eigenvalue weighted by molar-refractivity contribution is 7.94. The third kappa shape index (κ3) is 3.61. The van der Waals surface area contributed by atoms with Crippen LogP contribution in [0.15, 0.2) is 18.2 Å². The van der Waals surface area contributed by atoms with Crippen molar-refractivity contribution in [1.29, 1.82) is 0 Å². The lowest BCUT2D eigenvalue weighted by atomic mass is 10.2. The van der Waals surface area contributed by atoms with Gasteiger partial charge in [0.2, 0.25) is 10.0 Å². The van der Waals surface area contributed by atoms with E-state index in [4.69, 9.17) is 16.7 Å². The smallest absolute Gasteiger partial charge is 0.337 e. The standard InChI is InChI=1S/C11H12ClNO6S/c1-6(11(16)19-2)20(17,18)13-9-5-7(12)3-4-8(9)10(14)15/h3-6,13H,1-2H3,(H,14,15). The summed E-state index contributed by atoms with van der Waals surface area (Å²) in [6, 6.07) is 3.62. The highest BCUT2D eigenvalue weighted by Crippen LogP contribution is 2.23. The molecule has 0 aliphatic carbocycles. The van der Waals surface area contributed by atoms with Gasteiger partial charge < -0.3 is 9.84 Å². The number of carbonyl (C=O) groups excluding carboxylic acids is 1. The largest absolute Gasteiger partial charge is 0.478 e. The lowest BCUT2D eigenvalue weighted by Crippen LogP contribution is -2.33. The van der Waals surface area contributed by atoms with Crippen molar-refractivity contribution in [2.45, 2.75) is 12.2 Å². The number of carboxylic acids is 1. The van der Waals surface area contributed by atoms with Gasteiger partial charge >= 0.3 is 11.9 Å². The molecule has 1 unspecified atom stereocenters. The number of halogens is 1. The van der Waals surface area contributed by atoms with Gasteiger partial charge in [-0.25, -0.2) is 13.2 Å². The van der Waals surface area contributed by atoms with E-state index >= 15 is 0 Å². The second-order valence-corrected chi connectivity index (χ2v) is 6.25. The van der Waals surface area contributed by atoms with Crippen molar-refractivity contribution in [3.63, 3.8) is 0 Å². The first-order valence-electron chi connectivity index (χ1n) is 5.31. The summed E-state index contributed by atoms with van der Waals surface area (Å²) < 4.78 is 30.2. The van der Waals surface area contributed by atoms with Crippen LogP contribution in [0.5, 0.6) is 0 Å². The lowest BCUT2D eigenvalue weighted by Gasteiger charge is -2.14. The molecule has 0 aliphatic heterocycles. The molecule has 0 saturated carbocycles. The molecule has 1 rings (SSSR count). The van der Waals surface area contributed by atoms with Gasteiger partial charge in [-0.15, -0.1) is 0 Å². The summed E-state index contributed by atoms with van der Waals surface area (Å²) in [4.78, 5) is 22.3. The Morgan fingerprint density at radius 3 is 2.50 bits per heavy atom. The van der Waals surface area contributed by atoms with E-state index in [0.717, 1.165) is 26.2 Å². The highest BCUT2D eigenvalue weighted by atomic mass is 35.5. The zero-order valence-corrected chi connectivity index (χ0v) is 12.2. The van der Waals surface area contributed by atoms with E-state index in [1.165, 1.54) is 6.07 Å². The van der Waals surface area contributed by atoms with Gasteiger partial charge in [0.15, 0.2) is 5.25 Å². The predicted molar refractivity (Wildman–Crippen MR) is 72.4 cm³/mol. The monoisotopic (exact) mass is 321 g/mol. The van der Waals surface area contributed by atoms with Crippen LogP contribution in [0.4, 0.5) is 5.69 Å². The molecule has 0 radical (unpaired) electrons. The van der Waals surface area contributed by atoms with Crippen molar-refractivity contribution in [1.82, 2.24) is 0 Å². The van der Waals surface area contributed by atoms with Crippen LogP contribution in [0, 0.1) is 0 Å². The van der Waals surface area contributed by atoms with E-state index in [2.05, 4.69) is 4.74 Å². The van der Waals surface area contributed by atoms with Crippen molar-refractivity contribution >= 4 is 39.3 Å². The molecule has 1 aromatic rings. The summed E-state index contributed by atoms with van der Waals surface area (Å²) in [5.74, 6) is -2.29. The molecule has 0 saturated heterocycles. The lowest BCUT2D eigenvalue weighted by molar-refractivity contribution is -0.139. The van der Waals surface area contributed by atoms with E-state index in [-0.39, 0.29) is 16.3 Å². The van der Waals surface area contributed by atoms with E-state index in [0.29, 0.717) is 0 Å². The molecule has 1 atom stereocenters. The SMILES string of the molecule is COC(=O)C(C)S(=O)(=O)Nc1cc(Cl)ccc1C(=O)O. The summed E-state index contributed by atoms with van der Waals surface area (Å²) in [5, 5.41) is 7.64. The minimum atomic E-state index is -4.14. The second-order valence-electron chi connectivity index (χ2n) is 3.81. The second kappa shape index (κ2) is 6.10. The molecule has 110 valence electrons. The topological polar surface area (TPSA) is 110 Å². The number of aromatic carboxylic acids is 1.